The van der Waals surface area contributed by atoms with Gasteiger partial charge in [0.1, 0.15) is 0 Å². The number of hydrogen-bond acceptors (Lipinski definition) is 1. The summed E-state index contributed by atoms with van der Waals surface area (Å²) in [6, 6.07) is 10.9. The Bertz CT molecular complexity index is 572. The minimum Gasteiger partial charge on any atom is -0.306 e. The van der Waals surface area contributed by atoms with Crippen molar-refractivity contribution < 1.29 is 8.78 Å². The van der Waals surface area contributed by atoms with Gasteiger partial charge in [0, 0.05) is 10.6 Å². The van der Waals surface area contributed by atoms with Gasteiger partial charge < -0.3 is 5.32 Å². The molecule has 1 unspecified atom stereocenters. The van der Waals surface area contributed by atoms with E-state index >= 15 is 0 Å². The van der Waals surface area contributed by atoms with E-state index in [4.69, 9.17) is 11.6 Å². The van der Waals surface area contributed by atoms with Crippen molar-refractivity contribution in [1.82, 2.24) is 5.32 Å². The van der Waals surface area contributed by atoms with Crippen LogP contribution in [0.15, 0.2) is 42.5 Å². The van der Waals surface area contributed by atoms with Crippen LogP contribution in [0.25, 0.3) is 0 Å². The molecule has 0 aliphatic rings. The van der Waals surface area contributed by atoms with Crippen molar-refractivity contribution >= 4 is 11.6 Å². The van der Waals surface area contributed by atoms with Crippen LogP contribution in [0, 0.1) is 11.6 Å². The highest BCUT2D eigenvalue weighted by atomic mass is 35.5. The van der Waals surface area contributed by atoms with E-state index in [1.807, 2.05) is 13.0 Å². The number of rotatable bonds is 4. The normalized spacial score (nSPS) is 12.4. The third-order valence-electron chi connectivity index (χ3n) is 2.92. The predicted octanol–water partition coefficient (Wildman–Crippen LogP) is 4.32. The van der Waals surface area contributed by atoms with Crippen molar-refractivity contribution in [3.8, 4) is 0 Å². The maximum Gasteiger partial charge on any atom is 0.163 e. The second-order valence-electron chi connectivity index (χ2n) is 4.16. The molecule has 0 heterocycles. The smallest absolute Gasteiger partial charge is 0.163 e. The molecule has 2 aromatic rings. The highest BCUT2D eigenvalue weighted by Gasteiger charge is 2.20. The zero-order valence-corrected chi connectivity index (χ0v) is 11.2. The Morgan fingerprint density at radius 3 is 2.42 bits per heavy atom. The van der Waals surface area contributed by atoms with Crippen LogP contribution >= 0.6 is 11.6 Å². The largest absolute Gasteiger partial charge is 0.306 e. The molecule has 1 atom stereocenters. The first kappa shape index (κ1) is 14.0. The minimum absolute atomic E-state index is 0.259. The van der Waals surface area contributed by atoms with Gasteiger partial charge in [0.25, 0.3) is 0 Å². The zero-order valence-electron chi connectivity index (χ0n) is 10.5. The molecular weight excluding hydrogens is 268 g/mol. The standard InChI is InChI=1S/C15H14ClF2N/c1-2-19-15(10-6-3-4-8-12(10)16)11-7-5-9-13(17)14(11)18/h3-9,15,19H,2H2,1H3. The van der Waals surface area contributed by atoms with Crippen LogP contribution in [0.5, 0.6) is 0 Å². The molecule has 19 heavy (non-hydrogen) atoms. The maximum atomic E-state index is 13.9. The molecule has 100 valence electrons. The van der Waals surface area contributed by atoms with Crippen LogP contribution in [-0.4, -0.2) is 6.54 Å². The lowest BCUT2D eigenvalue weighted by Gasteiger charge is -2.20. The molecule has 1 nitrogen and oxygen atoms in total. The predicted molar refractivity (Wildman–Crippen MR) is 73.3 cm³/mol. The summed E-state index contributed by atoms with van der Waals surface area (Å²) in [7, 11) is 0. The summed E-state index contributed by atoms with van der Waals surface area (Å²) in [6.07, 6.45) is 0. The lowest BCUT2D eigenvalue weighted by atomic mass is 9.98. The molecule has 0 amide bonds. The van der Waals surface area contributed by atoms with Crippen LogP contribution in [-0.2, 0) is 0 Å². The van der Waals surface area contributed by atoms with E-state index in [2.05, 4.69) is 5.32 Å². The van der Waals surface area contributed by atoms with Gasteiger partial charge >= 0.3 is 0 Å². The Hall–Kier alpha value is -1.45. The zero-order chi connectivity index (χ0) is 13.8. The minimum atomic E-state index is -0.854. The van der Waals surface area contributed by atoms with Gasteiger partial charge in [-0.05, 0) is 24.2 Å². The molecular formula is C15H14ClF2N. The Morgan fingerprint density at radius 2 is 1.74 bits per heavy atom. The highest BCUT2D eigenvalue weighted by Crippen LogP contribution is 2.30. The quantitative estimate of drug-likeness (QED) is 0.880. The molecule has 0 aliphatic carbocycles. The monoisotopic (exact) mass is 281 g/mol. The Kier molecular flexibility index (Phi) is 4.51. The maximum absolute atomic E-state index is 13.9. The molecule has 2 rings (SSSR count). The van der Waals surface area contributed by atoms with Gasteiger partial charge in [-0.2, -0.15) is 0 Å². The number of halogens is 3. The fraction of sp³-hybridized carbons (Fsp3) is 0.200. The van der Waals surface area contributed by atoms with Gasteiger partial charge in [-0.25, -0.2) is 8.78 Å². The molecule has 0 radical (unpaired) electrons. The Morgan fingerprint density at radius 1 is 1.05 bits per heavy atom. The summed E-state index contributed by atoms with van der Waals surface area (Å²) < 4.78 is 27.3. The third-order valence-corrected chi connectivity index (χ3v) is 3.26. The van der Waals surface area contributed by atoms with Crippen LogP contribution in [0.1, 0.15) is 24.1 Å². The fourth-order valence-electron chi connectivity index (χ4n) is 2.04. The molecule has 0 fully saturated rings. The molecule has 0 saturated heterocycles. The Labute approximate surface area is 116 Å². The average molecular weight is 282 g/mol. The molecule has 2 aromatic carbocycles. The van der Waals surface area contributed by atoms with Gasteiger partial charge in [0.05, 0.1) is 6.04 Å². The van der Waals surface area contributed by atoms with Gasteiger partial charge in [-0.1, -0.05) is 48.9 Å². The van der Waals surface area contributed by atoms with Crippen LogP contribution in [0.3, 0.4) is 0 Å². The van der Waals surface area contributed by atoms with E-state index in [0.29, 0.717) is 11.6 Å². The van der Waals surface area contributed by atoms with E-state index in [-0.39, 0.29) is 5.56 Å². The van der Waals surface area contributed by atoms with Crippen LogP contribution < -0.4 is 5.32 Å². The SMILES string of the molecule is CCNC(c1ccccc1Cl)c1cccc(F)c1F. The van der Waals surface area contributed by atoms with E-state index in [0.717, 1.165) is 11.6 Å². The second-order valence-corrected chi connectivity index (χ2v) is 4.56. The first-order chi connectivity index (χ1) is 9.15. The molecule has 0 bridgehead atoms. The highest BCUT2D eigenvalue weighted by molar-refractivity contribution is 6.31. The second kappa shape index (κ2) is 6.13. The van der Waals surface area contributed by atoms with Crippen molar-refractivity contribution in [3.05, 3.63) is 70.2 Å². The third kappa shape index (κ3) is 2.94. The first-order valence-electron chi connectivity index (χ1n) is 6.06. The summed E-state index contributed by atoms with van der Waals surface area (Å²) in [4.78, 5) is 0. The van der Waals surface area contributed by atoms with E-state index < -0.39 is 17.7 Å². The summed E-state index contributed by atoms with van der Waals surface area (Å²) in [5.74, 6) is -1.69. The molecule has 0 aromatic heterocycles. The van der Waals surface area contributed by atoms with Crippen LogP contribution in [0.2, 0.25) is 5.02 Å². The number of benzene rings is 2. The van der Waals surface area contributed by atoms with Gasteiger partial charge in [-0.15, -0.1) is 0 Å². The molecule has 0 saturated carbocycles. The fourth-order valence-corrected chi connectivity index (χ4v) is 2.29. The van der Waals surface area contributed by atoms with Crippen molar-refractivity contribution in [2.24, 2.45) is 0 Å². The topological polar surface area (TPSA) is 12.0 Å². The van der Waals surface area contributed by atoms with Crippen molar-refractivity contribution in [2.75, 3.05) is 6.54 Å². The Balaban J connectivity index is 2.52. The molecule has 4 heteroatoms. The lowest BCUT2D eigenvalue weighted by molar-refractivity contribution is 0.483. The summed E-state index contributed by atoms with van der Waals surface area (Å²) >= 11 is 6.14. The summed E-state index contributed by atoms with van der Waals surface area (Å²) in [5.41, 5.74) is 0.991. The average Bonchev–Trinajstić information content (AvgIpc) is 2.41. The van der Waals surface area contributed by atoms with Crippen LogP contribution in [0.4, 0.5) is 8.78 Å². The summed E-state index contributed by atoms with van der Waals surface area (Å²) in [6.45, 7) is 2.52. The van der Waals surface area contributed by atoms with Crippen molar-refractivity contribution in [2.45, 2.75) is 13.0 Å². The summed E-state index contributed by atoms with van der Waals surface area (Å²) in [5, 5.41) is 3.66. The van der Waals surface area contributed by atoms with E-state index in [9.17, 15) is 8.78 Å². The molecule has 0 aliphatic heterocycles. The van der Waals surface area contributed by atoms with E-state index in [1.54, 1.807) is 24.3 Å². The van der Waals surface area contributed by atoms with Crippen molar-refractivity contribution in [3.63, 3.8) is 0 Å². The number of nitrogens with one attached hydrogen (secondary N) is 1. The van der Waals surface area contributed by atoms with Gasteiger partial charge in [0.15, 0.2) is 11.6 Å². The molecule has 0 spiro atoms. The van der Waals surface area contributed by atoms with E-state index in [1.165, 1.54) is 6.07 Å². The van der Waals surface area contributed by atoms with Crippen molar-refractivity contribution in [1.29, 1.82) is 0 Å². The number of hydrogen-bond donors (Lipinski definition) is 1. The lowest BCUT2D eigenvalue weighted by Crippen LogP contribution is -2.23. The van der Waals surface area contributed by atoms with Gasteiger partial charge in [-0.3, -0.25) is 0 Å². The first-order valence-corrected chi connectivity index (χ1v) is 6.44. The van der Waals surface area contributed by atoms with Gasteiger partial charge in [0.2, 0.25) is 0 Å². The molecule has 1 N–H and O–H groups in total.